The number of nitrogens with zero attached hydrogens (tertiary/aromatic N) is 4. The number of carboxylic acids is 1. The van der Waals surface area contributed by atoms with Crippen LogP contribution >= 0.6 is 11.6 Å². The van der Waals surface area contributed by atoms with Gasteiger partial charge in [0.25, 0.3) is 0 Å². The number of halogens is 3. The Hall–Kier alpha value is -4.41. The molecular weight excluding hydrogens is 554 g/mol. The molecule has 41 heavy (non-hydrogen) atoms. The number of rotatable bonds is 9. The lowest BCUT2D eigenvalue weighted by Crippen LogP contribution is -2.31. The maximum atomic E-state index is 15.4. The Labute approximate surface area is 238 Å². The van der Waals surface area contributed by atoms with E-state index < -0.39 is 17.6 Å². The summed E-state index contributed by atoms with van der Waals surface area (Å²) < 4.78 is 42.6. The third kappa shape index (κ3) is 5.75. The number of aromatic nitrogens is 4. The van der Waals surface area contributed by atoms with Gasteiger partial charge >= 0.3 is 5.97 Å². The largest absolute Gasteiger partial charge is 0.478 e. The Balaban J connectivity index is 1.24. The fraction of sp³-hybridized carbons (Fsp3) is 0.200. The molecule has 1 saturated heterocycles. The van der Waals surface area contributed by atoms with Crippen LogP contribution in [-0.4, -0.2) is 43.3 Å². The second-order valence-electron chi connectivity index (χ2n) is 9.65. The van der Waals surface area contributed by atoms with Gasteiger partial charge in [0.2, 0.25) is 5.88 Å². The summed E-state index contributed by atoms with van der Waals surface area (Å²) >= 11 is 5.80. The van der Waals surface area contributed by atoms with Crippen LogP contribution in [0.3, 0.4) is 0 Å². The second-order valence-corrected chi connectivity index (χ2v) is 10.1. The van der Waals surface area contributed by atoms with Gasteiger partial charge in [-0.25, -0.2) is 23.5 Å². The van der Waals surface area contributed by atoms with E-state index in [4.69, 9.17) is 21.1 Å². The summed E-state index contributed by atoms with van der Waals surface area (Å²) in [5, 5.41) is 9.74. The number of hydrogen-bond acceptors (Lipinski definition) is 6. The van der Waals surface area contributed by atoms with Crippen LogP contribution in [0.15, 0.2) is 66.9 Å². The van der Waals surface area contributed by atoms with Crippen molar-refractivity contribution >= 4 is 28.6 Å². The number of hydrogen-bond donors (Lipinski definition) is 1. The molecule has 1 atom stereocenters. The Morgan fingerprint density at radius 2 is 1.85 bits per heavy atom. The molecule has 0 aliphatic carbocycles. The van der Waals surface area contributed by atoms with Crippen molar-refractivity contribution < 1.29 is 28.2 Å². The van der Waals surface area contributed by atoms with E-state index in [1.54, 1.807) is 30.3 Å². The summed E-state index contributed by atoms with van der Waals surface area (Å²) in [5.41, 5.74) is 2.61. The monoisotopic (exact) mass is 576 g/mol. The van der Waals surface area contributed by atoms with Crippen LogP contribution in [0.25, 0.3) is 22.4 Å². The fourth-order valence-electron chi connectivity index (χ4n) is 4.63. The van der Waals surface area contributed by atoms with Gasteiger partial charge in [-0.2, -0.15) is 4.98 Å². The van der Waals surface area contributed by atoms with Crippen molar-refractivity contribution in [2.24, 2.45) is 0 Å². The van der Waals surface area contributed by atoms with Gasteiger partial charge in [-0.1, -0.05) is 29.8 Å². The molecule has 8 nitrogen and oxygen atoms in total. The van der Waals surface area contributed by atoms with Crippen molar-refractivity contribution in [3.05, 3.63) is 106 Å². The molecule has 3 heterocycles. The SMILES string of the molecule is O=C(O)c1ccc2nc(Cc3ccc(-c4nccc(OCc5ccc(Cl)cc5F)n4)cc3F)n(CC3CCO3)c2c1. The zero-order chi connectivity index (χ0) is 28.5. The summed E-state index contributed by atoms with van der Waals surface area (Å²) in [6.07, 6.45) is 2.55. The number of ether oxygens (including phenoxy) is 2. The maximum absolute atomic E-state index is 15.4. The number of carboxylic acid groups (broad SMARTS) is 1. The quantitative estimate of drug-likeness (QED) is 0.227. The Morgan fingerprint density at radius 3 is 2.59 bits per heavy atom. The number of fused-ring (bicyclic) bond motifs is 1. The van der Waals surface area contributed by atoms with Crippen LogP contribution in [0.2, 0.25) is 5.02 Å². The van der Waals surface area contributed by atoms with Gasteiger partial charge in [-0.05, 0) is 48.4 Å². The van der Waals surface area contributed by atoms with Gasteiger partial charge in [-0.15, -0.1) is 0 Å². The molecule has 0 amide bonds. The standard InChI is InChI=1S/C30H23ClF2N4O4/c31-21-5-3-20(24(33)14-21)16-41-28-7-9-34-29(36-28)18-2-1-17(23(32)11-18)13-27-35-25-6-4-19(30(38)39)12-26(25)37(27)15-22-8-10-40-22/h1-7,9,11-12,14,22H,8,10,13,15-16H2,(H,38,39). The average Bonchev–Trinajstić information content (AvgIpc) is 3.27. The van der Waals surface area contributed by atoms with Crippen molar-refractivity contribution in [3.8, 4) is 17.3 Å². The van der Waals surface area contributed by atoms with Crippen LogP contribution in [0.1, 0.15) is 33.7 Å². The smallest absolute Gasteiger partial charge is 0.335 e. The highest BCUT2D eigenvalue weighted by Crippen LogP contribution is 2.26. The molecule has 0 radical (unpaired) electrons. The van der Waals surface area contributed by atoms with E-state index >= 15 is 4.39 Å². The number of aromatic carboxylic acids is 1. The van der Waals surface area contributed by atoms with Crippen LogP contribution in [0.5, 0.6) is 5.88 Å². The van der Waals surface area contributed by atoms with Crippen LogP contribution < -0.4 is 4.74 Å². The first-order valence-electron chi connectivity index (χ1n) is 12.9. The third-order valence-corrected chi connectivity index (χ3v) is 7.17. The molecule has 0 saturated carbocycles. The molecule has 1 fully saturated rings. The highest BCUT2D eigenvalue weighted by molar-refractivity contribution is 6.30. The van der Waals surface area contributed by atoms with Gasteiger partial charge in [0, 0.05) is 41.4 Å². The molecule has 5 aromatic rings. The first kappa shape index (κ1) is 26.8. The maximum Gasteiger partial charge on any atom is 0.335 e. The van der Waals surface area contributed by atoms with Crippen molar-refractivity contribution in [1.29, 1.82) is 0 Å². The lowest BCUT2D eigenvalue weighted by Gasteiger charge is -2.27. The van der Waals surface area contributed by atoms with E-state index in [0.29, 0.717) is 46.7 Å². The second kappa shape index (κ2) is 11.2. The molecule has 1 aliphatic rings. The summed E-state index contributed by atoms with van der Waals surface area (Å²) in [4.78, 5) is 24.8. The average molecular weight is 577 g/mol. The molecule has 1 N–H and O–H groups in total. The lowest BCUT2D eigenvalue weighted by molar-refractivity contribution is -0.0589. The third-order valence-electron chi connectivity index (χ3n) is 6.93. The molecular formula is C30H23ClF2N4O4. The van der Waals surface area contributed by atoms with Crippen molar-refractivity contribution in [1.82, 2.24) is 19.5 Å². The number of benzene rings is 3. The molecule has 0 bridgehead atoms. The topological polar surface area (TPSA) is 99.4 Å². The first-order chi connectivity index (χ1) is 19.8. The molecule has 6 rings (SSSR count). The van der Waals surface area contributed by atoms with Crippen molar-refractivity contribution in [2.75, 3.05) is 6.61 Å². The van der Waals surface area contributed by atoms with E-state index in [1.807, 2.05) is 4.57 Å². The van der Waals surface area contributed by atoms with E-state index in [1.165, 1.54) is 36.5 Å². The normalized spacial score (nSPS) is 14.7. The van der Waals surface area contributed by atoms with Crippen molar-refractivity contribution in [3.63, 3.8) is 0 Å². The zero-order valence-corrected chi connectivity index (χ0v) is 22.3. The predicted molar refractivity (Wildman–Crippen MR) is 147 cm³/mol. The van der Waals surface area contributed by atoms with E-state index in [9.17, 15) is 14.3 Å². The molecule has 2 aromatic heterocycles. The van der Waals surface area contributed by atoms with Gasteiger partial charge in [-0.3, -0.25) is 0 Å². The van der Waals surface area contributed by atoms with Crippen molar-refractivity contribution in [2.45, 2.75) is 32.1 Å². The number of imidazole rings is 1. The predicted octanol–water partition coefficient (Wildman–Crippen LogP) is 6.08. The van der Waals surface area contributed by atoms with Gasteiger partial charge < -0.3 is 19.1 Å². The minimum Gasteiger partial charge on any atom is -0.478 e. The fourth-order valence-corrected chi connectivity index (χ4v) is 4.79. The summed E-state index contributed by atoms with van der Waals surface area (Å²) in [6, 6.07) is 15.3. The Morgan fingerprint density at radius 1 is 1.05 bits per heavy atom. The minimum atomic E-state index is -1.03. The summed E-state index contributed by atoms with van der Waals surface area (Å²) in [6.45, 7) is 1.11. The van der Waals surface area contributed by atoms with Gasteiger partial charge in [0.1, 0.15) is 24.1 Å². The molecule has 3 aromatic carbocycles. The molecule has 1 unspecified atom stereocenters. The first-order valence-corrected chi connectivity index (χ1v) is 13.2. The van der Waals surface area contributed by atoms with Crippen LogP contribution in [0.4, 0.5) is 8.78 Å². The highest BCUT2D eigenvalue weighted by atomic mass is 35.5. The van der Waals surface area contributed by atoms with Crippen LogP contribution in [-0.2, 0) is 24.3 Å². The molecule has 0 spiro atoms. The lowest BCUT2D eigenvalue weighted by atomic mass is 10.1. The Kier molecular flexibility index (Phi) is 7.34. The van der Waals surface area contributed by atoms with E-state index in [-0.39, 0.29) is 41.4 Å². The van der Waals surface area contributed by atoms with Gasteiger partial charge in [0.15, 0.2) is 5.82 Å². The van der Waals surface area contributed by atoms with E-state index in [2.05, 4.69) is 15.0 Å². The molecule has 208 valence electrons. The summed E-state index contributed by atoms with van der Waals surface area (Å²) in [5.74, 6) is -0.921. The Bertz CT molecular complexity index is 1770. The number of carbonyl (C=O) groups is 1. The van der Waals surface area contributed by atoms with Gasteiger partial charge in [0.05, 0.1) is 29.2 Å². The minimum absolute atomic E-state index is 0.00492. The highest BCUT2D eigenvalue weighted by Gasteiger charge is 2.23. The van der Waals surface area contributed by atoms with E-state index in [0.717, 1.165) is 6.42 Å². The van der Waals surface area contributed by atoms with Crippen LogP contribution in [0, 0.1) is 11.6 Å². The summed E-state index contributed by atoms with van der Waals surface area (Å²) in [7, 11) is 0. The molecule has 11 heteroatoms. The molecule has 1 aliphatic heterocycles. The zero-order valence-electron chi connectivity index (χ0n) is 21.6.